The summed E-state index contributed by atoms with van der Waals surface area (Å²) in [6.07, 6.45) is 2.54. The third kappa shape index (κ3) is 2.51. The average Bonchev–Trinajstić information content (AvgIpc) is 2.66. The van der Waals surface area contributed by atoms with Crippen LogP contribution in [-0.4, -0.2) is 22.4 Å². The molecule has 4 heteroatoms. The lowest BCUT2D eigenvalue weighted by atomic mass is 10.1. The van der Waals surface area contributed by atoms with Crippen LogP contribution in [-0.2, 0) is 11.2 Å². The van der Waals surface area contributed by atoms with Gasteiger partial charge in [0.15, 0.2) is 0 Å². The fourth-order valence-corrected chi connectivity index (χ4v) is 1.98. The van der Waals surface area contributed by atoms with E-state index < -0.39 is 0 Å². The van der Waals surface area contributed by atoms with E-state index in [2.05, 4.69) is 27.1 Å². The Hall–Kier alpha value is -2.28. The highest BCUT2D eigenvalue weighted by molar-refractivity contribution is 5.93. The second-order valence-corrected chi connectivity index (χ2v) is 4.01. The zero-order chi connectivity index (χ0) is 13.0. The largest absolute Gasteiger partial charge is 0.345 e. The molecule has 0 bridgehead atoms. The summed E-state index contributed by atoms with van der Waals surface area (Å²) < 4.78 is 0. The molecule has 4 nitrogen and oxygen atoms in total. The number of carbonyl (C=O) groups is 1. The first-order valence-corrected chi connectivity index (χ1v) is 5.85. The molecule has 0 atom stereocenters. The van der Waals surface area contributed by atoms with Gasteiger partial charge >= 0.3 is 0 Å². The zero-order valence-corrected chi connectivity index (χ0v) is 10.5. The first-order valence-electron chi connectivity index (χ1n) is 5.85. The van der Waals surface area contributed by atoms with Gasteiger partial charge < -0.3 is 10.3 Å². The van der Waals surface area contributed by atoms with Gasteiger partial charge in [0.2, 0.25) is 0 Å². The summed E-state index contributed by atoms with van der Waals surface area (Å²) in [6, 6.07) is 3.95. The molecule has 0 aliphatic rings. The van der Waals surface area contributed by atoms with Crippen molar-refractivity contribution in [2.45, 2.75) is 20.3 Å². The van der Waals surface area contributed by atoms with E-state index in [9.17, 15) is 4.79 Å². The molecule has 0 spiro atoms. The molecule has 0 aromatic carbocycles. The van der Waals surface area contributed by atoms with E-state index >= 15 is 0 Å². The highest BCUT2D eigenvalue weighted by Crippen LogP contribution is 2.20. The zero-order valence-electron chi connectivity index (χ0n) is 10.5. The van der Waals surface area contributed by atoms with Crippen molar-refractivity contribution in [3.63, 3.8) is 0 Å². The molecule has 0 fully saturated rings. The second kappa shape index (κ2) is 5.37. The molecule has 0 aliphatic carbocycles. The maximum Gasteiger partial charge on any atom is 0.295 e. The van der Waals surface area contributed by atoms with Gasteiger partial charge in [0.25, 0.3) is 5.91 Å². The lowest BCUT2D eigenvalue weighted by Crippen LogP contribution is -2.24. The molecule has 0 saturated heterocycles. The van der Waals surface area contributed by atoms with Gasteiger partial charge in [-0.1, -0.05) is 5.92 Å². The normalized spacial score (nSPS) is 9.89. The third-order valence-electron chi connectivity index (χ3n) is 2.79. The van der Waals surface area contributed by atoms with Crippen molar-refractivity contribution >= 4 is 16.9 Å². The maximum absolute atomic E-state index is 11.2. The fourth-order valence-electron chi connectivity index (χ4n) is 1.98. The van der Waals surface area contributed by atoms with Crippen molar-refractivity contribution in [2.24, 2.45) is 0 Å². The minimum atomic E-state index is -0.229. The Kier molecular flexibility index (Phi) is 3.63. The third-order valence-corrected chi connectivity index (χ3v) is 2.79. The van der Waals surface area contributed by atoms with Gasteiger partial charge in [-0.05, 0) is 43.9 Å². The molecule has 0 radical (unpaired) electrons. The Bertz CT molecular complexity index is 631. The van der Waals surface area contributed by atoms with Gasteiger partial charge in [-0.3, -0.25) is 4.79 Å². The summed E-state index contributed by atoms with van der Waals surface area (Å²) in [7, 11) is 0. The fraction of sp³-hybridized carbons (Fsp3) is 0.286. The van der Waals surface area contributed by atoms with Crippen molar-refractivity contribution in [3.05, 3.63) is 29.6 Å². The van der Waals surface area contributed by atoms with Crippen LogP contribution < -0.4 is 5.32 Å². The molecule has 2 N–H and O–H groups in total. The van der Waals surface area contributed by atoms with Crippen LogP contribution in [0.3, 0.4) is 0 Å². The number of carbonyl (C=O) groups excluding carboxylic acids is 1. The van der Waals surface area contributed by atoms with Crippen LogP contribution >= 0.6 is 0 Å². The topological polar surface area (TPSA) is 57.8 Å². The summed E-state index contributed by atoms with van der Waals surface area (Å²) in [5.74, 6) is 4.80. The number of H-pyrrole nitrogens is 1. The van der Waals surface area contributed by atoms with E-state index in [-0.39, 0.29) is 5.91 Å². The van der Waals surface area contributed by atoms with Gasteiger partial charge in [-0.2, -0.15) is 0 Å². The Morgan fingerprint density at radius 3 is 3.17 bits per heavy atom. The van der Waals surface area contributed by atoms with Crippen LogP contribution in [0.2, 0.25) is 0 Å². The number of hydrogen-bond acceptors (Lipinski definition) is 2. The Morgan fingerprint density at radius 2 is 2.39 bits per heavy atom. The molecule has 0 saturated carbocycles. The van der Waals surface area contributed by atoms with E-state index in [4.69, 9.17) is 0 Å². The Balaban J connectivity index is 2.09. The predicted octanol–water partition coefficient (Wildman–Crippen LogP) is 1.55. The average molecular weight is 241 g/mol. The van der Waals surface area contributed by atoms with Crippen molar-refractivity contribution in [2.75, 3.05) is 6.54 Å². The highest BCUT2D eigenvalue weighted by atomic mass is 16.1. The van der Waals surface area contributed by atoms with Crippen LogP contribution in [0.4, 0.5) is 0 Å². The minimum Gasteiger partial charge on any atom is -0.345 e. The maximum atomic E-state index is 11.2. The van der Waals surface area contributed by atoms with E-state index in [1.165, 1.54) is 5.56 Å². The molecule has 18 heavy (non-hydrogen) atoms. The molecule has 2 heterocycles. The Morgan fingerprint density at radius 1 is 1.56 bits per heavy atom. The van der Waals surface area contributed by atoms with Gasteiger partial charge in [0.05, 0.1) is 0 Å². The molecule has 1 amide bonds. The van der Waals surface area contributed by atoms with Crippen molar-refractivity contribution in [3.8, 4) is 11.8 Å². The number of pyridine rings is 1. The number of nitrogens with zero attached hydrogens (tertiary/aromatic N) is 1. The number of aromatic amines is 1. The predicted molar refractivity (Wildman–Crippen MR) is 71.0 cm³/mol. The second-order valence-electron chi connectivity index (χ2n) is 4.01. The molecular weight excluding hydrogens is 226 g/mol. The molecule has 2 rings (SSSR count). The molecule has 2 aromatic heterocycles. The van der Waals surface area contributed by atoms with Crippen LogP contribution in [0.25, 0.3) is 11.0 Å². The van der Waals surface area contributed by atoms with Crippen molar-refractivity contribution in [1.82, 2.24) is 15.3 Å². The molecule has 2 aromatic rings. The monoisotopic (exact) mass is 241 g/mol. The number of hydrogen-bond donors (Lipinski definition) is 2. The van der Waals surface area contributed by atoms with Gasteiger partial charge in [-0.15, -0.1) is 0 Å². The van der Waals surface area contributed by atoms with E-state index in [1.54, 1.807) is 13.1 Å². The highest BCUT2D eigenvalue weighted by Gasteiger charge is 2.08. The lowest BCUT2D eigenvalue weighted by molar-refractivity contribution is -0.115. The summed E-state index contributed by atoms with van der Waals surface area (Å²) in [5, 5.41) is 3.88. The first-order chi connectivity index (χ1) is 8.72. The van der Waals surface area contributed by atoms with Gasteiger partial charge in [-0.25, -0.2) is 4.98 Å². The number of rotatable bonds is 3. The van der Waals surface area contributed by atoms with E-state index in [0.717, 1.165) is 23.1 Å². The Labute approximate surface area is 106 Å². The SMILES string of the molecule is CC#CC(=O)NCCc1c(C)[nH]c2ncccc12. The van der Waals surface area contributed by atoms with Crippen molar-refractivity contribution in [1.29, 1.82) is 0 Å². The standard InChI is InChI=1S/C14H15N3O/c1-3-5-13(18)15-9-7-11-10(2)17-14-12(11)6-4-8-16-14/h4,6,8H,7,9H2,1-2H3,(H,15,18)(H,16,17). The van der Waals surface area contributed by atoms with Crippen LogP contribution in [0, 0.1) is 18.8 Å². The summed E-state index contributed by atoms with van der Waals surface area (Å²) >= 11 is 0. The first kappa shape index (κ1) is 12.2. The minimum absolute atomic E-state index is 0.229. The number of aromatic nitrogens is 2. The van der Waals surface area contributed by atoms with Crippen LogP contribution in [0.1, 0.15) is 18.2 Å². The number of amides is 1. The quantitative estimate of drug-likeness (QED) is 0.801. The molecule has 0 aliphatic heterocycles. The van der Waals surface area contributed by atoms with E-state index in [0.29, 0.717) is 6.54 Å². The molecule has 92 valence electrons. The number of aryl methyl sites for hydroxylation is 1. The molecule has 0 unspecified atom stereocenters. The van der Waals surface area contributed by atoms with Gasteiger partial charge in [0, 0.05) is 23.8 Å². The molecular formula is C14H15N3O. The van der Waals surface area contributed by atoms with Gasteiger partial charge in [0.1, 0.15) is 5.65 Å². The van der Waals surface area contributed by atoms with Crippen LogP contribution in [0.5, 0.6) is 0 Å². The summed E-state index contributed by atoms with van der Waals surface area (Å²) in [5.41, 5.74) is 3.19. The van der Waals surface area contributed by atoms with E-state index in [1.807, 2.05) is 19.1 Å². The van der Waals surface area contributed by atoms with Crippen molar-refractivity contribution < 1.29 is 4.79 Å². The summed E-state index contributed by atoms with van der Waals surface area (Å²) in [4.78, 5) is 18.7. The summed E-state index contributed by atoms with van der Waals surface area (Å²) in [6.45, 7) is 4.25. The number of fused-ring (bicyclic) bond motifs is 1. The van der Waals surface area contributed by atoms with Crippen LogP contribution in [0.15, 0.2) is 18.3 Å². The smallest absolute Gasteiger partial charge is 0.295 e. The lowest BCUT2D eigenvalue weighted by Gasteiger charge is -2.02. The number of nitrogens with one attached hydrogen (secondary N) is 2.